The van der Waals surface area contributed by atoms with E-state index in [9.17, 15) is 9.59 Å². The lowest BCUT2D eigenvalue weighted by Crippen LogP contribution is -2.34. The number of aryl methyl sites for hydroxylation is 1. The van der Waals surface area contributed by atoms with Gasteiger partial charge in [0.05, 0.1) is 29.5 Å². The highest BCUT2D eigenvalue weighted by molar-refractivity contribution is 5.80. The molecule has 7 nitrogen and oxygen atoms in total. The van der Waals surface area contributed by atoms with Crippen LogP contribution in [0.15, 0.2) is 41.5 Å². The van der Waals surface area contributed by atoms with Crippen LogP contribution in [0.25, 0.3) is 11.0 Å². The molecule has 3 aromatic rings. The summed E-state index contributed by atoms with van der Waals surface area (Å²) in [5.41, 5.74) is 2.98. The second kappa shape index (κ2) is 6.27. The summed E-state index contributed by atoms with van der Waals surface area (Å²) in [5.74, 6) is -0.232. The van der Waals surface area contributed by atoms with Crippen molar-refractivity contribution in [1.82, 2.24) is 24.6 Å². The smallest absolute Gasteiger partial charge is 0.269 e. The van der Waals surface area contributed by atoms with E-state index >= 15 is 0 Å². The number of aromatic nitrogens is 4. The largest absolute Gasteiger partial charge is 0.348 e. The summed E-state index contributed by atoms with van der Waals surface area (Å²) in [4.78, 5) is 28.6. The number of nitrogens with one attached hydrogen (secondary N) is 1. The van der Waals surface area contributed by atoms with E-state index in [4.69, 9.17) is 0 Å². The average molecular weight is 325 g/mol. The number of hydrogen-bond acceptors (Lipinski definition) is 4. The number of para-hydroxylation sites is 2. The van der Waals surface area contributed by atoms with E-state index in [1.807, 2.05) is 39.1 Å². The predicted molar refractivity (Wildman–Crippen MR) is 90.5 cm³/mol. The predicted octanol–water partition coefficient (Wildman–Crippen LogP) is 1.32. The van der Waals surface area contributed by atoms with Crippen LogP contribution >= 0.6 is 0 Å². The van der Waals surface area contributed by atoms with Crippen LogP contribution in [-0.4, -0.2) is 25.2 Å². The molecule has 0 bridgehead atoms. The minimum atomic E-state index is -0.297. The Kier molecular flexibility index (Phi) is 4.16. The first-order chi connectivity index (χ1) is 11.5. The number of nitrogens with zero attached hydrogens (tertiary/aromatic N) is 4. The Morgan fingerprint density at radius 1 is 1.29 bits per heavy atom. The van der Waals surface area contributed by atoms with Crippen molar-refractivity contribution in [3.8, 4) is 0 Å². The van der Waals surface area contributed by atoms with E-state index < -0.39 is 0 Å². The second-order valence-corrected chi connectivity index (χ2v) is 5.77. The molecular weight excluding hydrogens is 306 g/mol. The number of carbonyl (C=O) groups excluding carboxylic acids is 1. The van der Waals surface area contributed by atoms with Crippen LogP contribution in [0.5, 0.6) is 0 Å². The zero-order chi connectivity index (χ0) is 17.3. The van der Waals surface area contributed by atoms with Gasteiger partial charge in [0.2, 0.25) is 5.91 Å². The molecule has 0 aliphatic rings. The first-order valence-electron chi connectivity index (χ1n) is 7.70. The zero-order valence-corrected chi connectivity index (χ0v) is 13.9. The maximum atomic E-state index is 12.4. The summed E-state index contributed by atoms with van der Waals surface area (Å²) in [5, 5.41) is 7.10. The molecule has 1 N–H and O–H groups in total. The average Bonchev–Trinajstić information content (AvgIpc) is 2.90. The lowest BCUT2D eigenvalue weighted by molar-refractivity contribution is -0.122. The number of hydrogen-bond donors (Lipinski definition) is 1. The van der Waals surface area contributed by atoms with E-state index in [2.05, 4.69) is 15.4 Å². The van der Waals surface area contributed by atoms with Gasteiger partial charge in [-0.25, -0.2) is 4.98 Å². The van der Waals surface area contributed by atoms with Crippen molar-refractivity contribution >= 4 is 16.9 Å². The van der Waals surface area contributed by atoms with Gasteiger partial charge < -0.3 is 5.32 Å². The molecule has 7 heteroatoms. The van der Waals surface area contributed by atoms with Gasteiger partial charge >= 0.3 is 0 Å². The lowest BCUT2D eigenvalue weighted by Gasteiger charge is -2.15. The summed E-state index contributed by atoms with van der Waals surface area (Å²) in [6.45, 7) is 3.80. The summed E-state index contributed by atoms with van der Waals surface area (Å²) >= 11 is 0. The molecule has 1 atom stereocenters. The molecule has 1 amide bonds. The maximum Gasteiger partial charge on any atom is 0.269 e. The van der Waals surface area contributed by atoms with Crippen LogP contribution in [-0.2, 0) is 18.4 Å². The molecular formula is C17H19N5O2. The van der Waals surface area contributed by atoms with E-state index in [1.165, 1.54) is 10.8 Å². The number of benzene rings is 1. The summed E-state index contributed by atoms with van der Waals surface area (Å²) < 4.78 is 3.19. The van der Waals surface area contributed by atoms with E-state index in [1.54, 1.807) is 16.9 Å². The highest BCUT2D eigenvalue weighted by Crippen LogP contribution is 2.16. The molecule has 124 valence electrons. The maximum absolute atomic E-state index is 12.4. The number of fused-ring (bicyclic) bond motifs is 1. The van der Waals surface area contributed by atoms with Crippen LogP contribution in [0.4, 0.5) is 0 Å². The van der Waals surface area contributed by atoms with Crippen molar-refractivity contribution in [2.24, 2.45) is 7.05 Å². The molecule has 0 aliphatic heterocycles. The van der Waals surface area contributed by atoms with Gasteiger partial charge in [-0.1, -0.05) is 12.1 Å². The van der Waals surface area contributed by atoms with E-state index in [0.717, 1.165) is 11.3 Å². The third kappa shape index (κ3) is 2.92. The highest BCUT2D eigenvalue weighted by atomic mass is 16.2. The Labute approximate surface area is 138 Å². The Morgan fingerprint density at radius 2 is 2.04 bits per heavy atom. The molecule has 3 rings (SSSR count). The number of rotatable bonds is 4. The molecule has 0 saturated heterocycles. The topological polar surface area (TPSA) is 81.8 Å². The minimum absolute atomic E-state index is 0.0501. The van der Waals surface area contributed by atoms with Crippen molar-refractivity contribution in [3.63, 3.8) is 0 Å². The Bertz CT molecular complexity index is 957. The van der Waals surface area contributed by atoms with Gasteiger partial charge in [-0.3, -0.25) is 18.8 Å². The summed E-state index contributed by atoms with van der Waals surface area (Å²) in [7, 11) is 1.86. The van der Waals surface area contributed by atoms with Gasteiger partial charge in [0, 0.05) is 18.3 Å². The molecule has 0 spiro atoms. The molecule has 2 heterocycles. The molecule has 0 radical (unpaired) electrons. The first kappa shape index (κ1) is 15.9. The summed E-state index contributed by atoms with van der Waals surface area (Å²) in [6.07, 6.45) is 2.98. The minimum Gasteiger partial charge on any atom is -0.348 e. The molecule has 0 saturated carbocycles. The number of amides is 1. The van der Waals surface area contributed by atoms with Crippen LogP contribution in [0, 0.1) is 6.92 Å². The van der Waals surface area contributed by atoms with Crippen LogP contribution in [0.3, 0.4) is 0 Å². The standard InChI is InChI=1S/C17H19N5O2/c1-11(13-8-19-21(3)12(13)2)20-16(23)10-22-15-7-5-4-6-14(15)18-9-17(22)24/h4-9,11H,10H2,1-3H3,(H,20,23)/t11-/m1/s1. The Morgan fingerprint density at radius 3 is 2.75 bits per heavy atom. The fraction of sp³-hybridized carbons (Fsp3) is 0.294. The zero-order valence-electron chi connectivity index (χ0n) is 13.9. The van der Waals surface area contributed by atoms with Crippen molar-refractivity contribution in [3.05, 3.63) is 58.3 Å². The highest BCUT2D eigenvalue weighted by Gasteiger charge is 2.16. The molecule has 0 aliphatic carbocycles. The third-order valence-corrected chi connectivity index (χ3v) is 4.17. The molecule has 0 unspecified atom stereocenters. The quantitative estimate of drug-likeness (QED) is 0.784. The number of carbonyl (C=O) groups is 1. The molecule has 24 heavy (non-hydrogen) atoms. The van der Waals surface area contributed by atoms with Crippen molar-refractivity contribution in [2.45, 2.75) is 26.4 Å². The monoisotopic (exact) mass is 325 g/mol. The van der Waals surface area contributed by atoms with Gasteiger partial charge in [-0.15, -0.1) is 0 Å². The van der Waals surface area contributed by atoms with Crippen molar-refractivity contribution in [1.29, 1.82) is 0 Å². The van der Waals surface area contributed by atoms with E-state index in [-0.39, 0.29) is 24.1 Å². The fourth-order valence-electron chi connectivity index (χ4n) is 2.73. The van der Waals surface area contributed by atoms with Gasteiger partial charge in [-0.05, 0) is 26.0 Å². The van der Waals surface area contributed by atoms with E-state index in [0.29, 0.717) is 11.0 Å². The van der Waals surface area contributed by atoms with Gasteiger partial charge in [0.1, 0.15) is 6.54 Å². The Hall–Kier alpha value is -2.96. The fourth-order valence-corrected chi connectivity index (χ4v) is 2.73. The summed E-state index contributed by atoms with van der Waals surface area (Å²) in [6, 6.07) is 7.07. The molecule has 2 aromatic heterocycles. The second-order valence-electron chi connectivity index (χ2n) is 5.77. The van der Waals surface area contributed by atoms with Crippen molar-refractivity contribution < 1.29 is 4.79 Å². The molecule has 1 aromatic carbocycles. The lowest BCUT2D eigenvalue weighted by atomic mass is 10.1. The van der Waals surface area contributed by atoms with Gasteiger partial charge in [-0.2, -0.15) is 5.10 Å². The molecule has 0 fully saturated rings. The van der Waals surface area contributed by atoms with Gasteiger partial charge in [0.25, 0.3) is 5.56 Å². The third-order valence-electron chi connectivity index (χ3n) is 4.17. The normalized spacial score (nSPS) is 12.3. The Balaban J connectivity index is 1.82. The van der Waals surface area contributed by atoms with Crippen molar-refractivity contribution in [2.75, 3.05) is 0 Å². The SMILES string of the molecule is Cc1c([C@@H](C)NC(=O)Cn2c(=O)cnc3ccccc32)cnn1C. The van der Waals surface area contributed by atoms with Crippen LogP contribution < -0.4 is 10.9 Å². The first-order valence-corrected chi connectivity index (χ1v) is 7.70. The van der Waals surface area contributed by atoms with Gasteiger partial charge in [0.15, 0.2) is 0 Å². The van der Waals surface area contributed by atoms with Crippen LogP contribution in [0.1, 0.15) is 24.2 Å². The van der Waals surface area contributed by atoms with Crippen LogP contribution in [0.2, 0.25) is 0 Å².